The number of hydrogen-bond donors (Lipinski definition) is 4. The number of halogens is 2. The maximum atomic E-state index is 13.6. The average Bonchev–Trinajstić information content (AvgIpc) is 2.84. The zero-order chi connectivity index (χ0) is 25.0. The first-order valence-electron chi connectivity index (χ1n) is 11.5. The number of likely N-dealkylation sites (N-methyl/N-ethyl adjacent to an activating group) is 2. The van der Waals surface area contributed by atoms with Crippen molar-refractivity contribution in [1.29, 1.82) is 0 Å². The van der Waals surface area contributed by atoms with E-state index in [4.69, 9.17) is 21.1 Å². The SMILES string of the molecule is C=C(CNC)Nc1cc2c(Nc3ccc(F)c(Cl)c3)ncnc2cc1OCCCCOCCNC. The van der Waals surface area contributed by atoms with Gasteiger partial charge in [0.25, 0.3) is 0 Å². The van der Waals surface area contributed by atoms with E-state index in [1.54, 1.807) is 6.07 Å². The van der Waals surface area contributed by atoms with Gasteiger partial charge in [-0.05, 0) is 51.2 Å². The van der Waals surface area contributed by atoms with Gasteiger partial charge in [0.1, 0.15) is 23.7 Å². The van der Waals surface area contributed by atoms with Crippen molar-refractivity contribution in [2.75, 3.05) is 57.6 Å². The van der Waals surface area contributed by atoms with Crippen molar-refractivity contribution in [3.8, 4) is 5.75 Å². The molecule has 0 aliphatic heterocycles. The van der Waals surface area contributed by atoms with Crippen LogP contribution in [0.1, 0.15) is 12.8 Å². The van der Waals surface area contributed by atoms with Crippen LogP contribution in [0, 0.1) is 5.82 Å². The fraction of sp³-hybridized carbons (Fsp3) is 0.360. The molecule has 0 spiro atoms. The molecule has 8 nitrogen and oxygen atoms in total. The molecule has 0 radical (unpaired) electrons. The Morgan fingerprint density at radius 1 is 1.06 bits per heavy atom. The molecule has 0 amide bonds. The van der Waals surface area contributed by atoms with Gasteiger partial charge in [0, 0.05) is 42.5 Å². The van der Waals surface area contributed by atoms with Gasteiger partial charge < -0.3 is 30.7 Å². The number of ether oxygens (including phenoxy) is 2. The number of fused-ring (bicyclic) bond motifs is 1. The Hall–Kier alpha value is -2.98. The maximum Gasteiger partial charge on any atom is 0.144 e. The summed E-state index contributed by atoms with van der Waals surface area (Å²) in [6, 6.07) is 8.21. The molecule has 0 saturated carbocycles. The Morgan fingerprint density at radius 2 is 1.89 bits per heavy atom. The first-order chi connectivity index (χ1) is 17.0. The van der Waals surface area contributed by atoms with Gasteiger partial charge in [0.15, 0.2) is 0 Å². The highest BCUT2D eigenvalue weighted by atomic mass is 35.5. The molecule has 4 N–H and O–H groups in total. The third-order valence-corrected chi connectivity index (χ3v) is 5.35. The van der Waals surface area contributed by atoms with E-state index in [0.717, 1.165) is 36.2 Å². The minimum absolute atomic E-state index is 0.0298. The molecule has 188 valence electrons. The molecular formula is C25H32ClFN6O2. The van der Waals surface area contributed by atoms with Gasteiger partial charge in [0.05, 0.1) is 29.4 Å². The molecule has 1 heterocycles. The highest BCUT2D eigenvalue weighted by molar-refractivity contribution is 6.31. The highest BCUT2D eigenvalue weighted by Gasteiger charge is 2.13. The van der Waals surface area contributed by atoms with Crippen LogP contribution in [0.25, 0.3) is 10.9 Å². The zero-order valence-corrected chi connectivity index (χ0v) is 20.8. The van der Waals surface area contributed by atoms with Crippen LogP contribution in [-0.2, 0) is 4.74 Å². The van der Waals surface area contributed by atoms with Crippen LogP contribution < -0.4 is 26.0 Å². The van der Waals surface area contributed by atoms with E-state index < -0.39 is 5.82 Å². The summed E-state index contributed by atoms with van der Waals surface area (Å²) in [4.78, 5) is 8.79. The van der Waals surface area contributed by atoms with Crippen LogP contribution >= 0.6 is 11.6 Å². The number of anilines is 3. The Kier molecular flexibility index (Phi) is 10.5. The topological polar surface area (TPSA) is 92.4 Å². The number of hydrogen-bond acceptors (Lipinski definition) is 8. The third-order valence-electron chi connectivity index (χ3n) is 5.06. The molecule has 0 atom stereocenters. The summed E-state index contributed by atoms with van der Waals surface area (Å²) in [7, 11) is 3.76. The highest BCUT2D eigenvalue weighted by Crippen LogP contribution is 2.34. The second-order valence-electron chi connectivity index (χ2n) is 7.87. The number of benzene rings is 2. The fourth-order valence-electron chi connectivity index (χ4n) is 3.32. The molecule has 3 aromatic rings. The number of unbranched alkanes of at least 4 members (excludes halogenated alkanes) is 1. The minimum atomic E-state index is -0.481. The van der Waals surface area contributed by atoms with Gasteiger partial charge in [-0.3, -0.25) is 0 Å². The molecule has 10 heteroatoms. The Bertz CT molecular complexity index is 1130. The van der Waals surface area contributed by atoms with Gasteiger partial charge in [0.2, 0.25) is 0 Å². The standard InChI is InChI=1S/C25H32ClFN6O2/c1-17(15-29-3)32-23-13-19-22(14-24(23)35-10-5-4-9-34-11-8-28-2)30-16-31-25(19)33-18-6-7-21(27)20(26)12-18/h6-7,12-14,16,28-29,32H,1,4-5,8-11,15H2,2-3H3,(H,30,31,33). The number of rotatable bonds is 15. The lowest BCUT2D eigenvalue weighted by Gasteiger charge is -2.17. The summed E-state index contributed by atoms with van der Waals surface area (Å²) >= 11 is 5.93. The van der Waals surface area contributed by atoms with E-state index in [-0.39, 0.29) is 5.02 Å². The lowest BCUT2D eigenvalue weighted by Crippen LogP contribution is -2.15. The van der Waals surface area contributed by atoms with Crippen molar-refractivity contribution in [1.82, 2.24) is 20.6 Å². The van der Waals surface area contributed by atoms with Crippen molar-refractivity contribution in [2.45, 2.75) is 12.8 Å². The monoisotopic (exact) mass is 502 g/mol. The first kappa shape index (κ1) is 26.6. The van der Waals surface area contributed by atoms with Crippen molar-refractivity contribution in [3.63, 3.8) is 0 Å². The van der Waals surface area contributed by atoms with Gasteiger partial charge in [-0.2, -0.15) is 0 Å². The number of nitrogens with one attached hydrogen (secondary N) is 4. The lowest BCUT2D eigenvalue weighted by atomic mass is 10.1. The van der Waals surface area contributed by atoms with Gasteiger partial charge in [-0.15, -0.1) is 0 Å². The normalized spacial score (nSPS) is 11.0. The molecule has 2 aromatic carbocycles. The van der Waals surface area contributed by atoms with Crippen molar-refractivity contribution in [2.24, 2.45) is 0 Å². The minimum Gasteiger partial charge on any atom is -0.491 e. The van der Waals surface area contributed by atoms with E-state index in [9.17, 15) is 4.39 Å². The van der Waals surface area contributed by atoms with Crippen LogP contribution in [0.5, 0.6) is 5.75 Å². The summed E-state index contributed by atoms with van der Waals surface area (Å²) in [5, 5.41) is 13.4. The summed E-state index contributed by atoms with van der Waals surface area (Å²) in [5.74, 6) is 0.746. The van der Waals surface area contributed by atoms with Gasteiger partial charge >= 0.3 is 0 Å². The predicted molar refractivity (Wildman–Crippen MR) is 140 cm³/mol. The Morgan fingerprint density at radius 3 is 2.66 bits per heavy atom. The smallest absolute Gasteiger partial charge is 0.144 e. The Labute approximate surface area is 210 Å². The van der Waals surface area contributed by atoms with Crippen LogP contribution in [-0.4, -0.2) is 57.0 Å². The van der Waals surface area contributed by atoms with Gasteiger partial charge in [-0.1, -0.05) is 18.2 Å². The van der Waals surface area contributed by atoms with E-state index in [1.165, 1.54) is 18.5 Å². The fourth-order valence-corrected chi connectivity index (χ4v) is 3.50. The second kappa shape index (κ2) is 13.8. The number of nitrogens with zero attached hydrogens (tertiary/aromatic N) is 2. The summed E-state index contributed by atoms with van der Waals surface area (Å²) in [6.45, 7) is 7.43. The molecule has 1 aromatic heterocycles. The van der Waals surface area contributed by atoms with Crippen LogP contribution in [0.15, 0.2) is 48.9 Å². The van der Waals surface area contributed by atoms with E-state index in [1.807, 2.05) is 26.2 Å². The quantitative estimate of drug-likeness (QED) is 0.222. The van der Waals surface area contributed by atoms with E-state index in [0.29, 0.717) is 49.1 Å². The molecule has 0 bridgehead atoms. The Balaban J connectivity index is 1.79. The molecule has 0 aliphatic carbocycles. The van der Waals surface area contributed by atoms with Gasteiger partial charge in [-0.25, -0.2) is 14.4 Å². The summed E-state index contributed by atoms with van der Waals surface area (Å²) < 4.78 is 25.2. The van der Waals surface area contributed by atoms with E-state index in [2.05, 4.69) is 37.8 Å². The van der Waals surface area contributed by atoms with Crippen LogP contribution in [0.2, 0.25) is 5.02 Å². The second-order valence-corrected chi connectivity index (χ2v) is 8.28. The molecule has 3 rings (SSSR count). The molecule has 0 unspecified atom stereocenters. The molecule has 35 heavy (non-hydrogen) atoms. The lowest BCUT2D eigenvalue weighted by molar-refractivity contribution is 0.129. The third kappa shape index (κ3) is 8.03. The predicted octanol–water partition coefficient (Wildman–Crippen LogP) is 4.71. The molecule has 0 fully saturated rings. The van der Waals surface area contributed by atoms with Crippen molar-refractivity contribution in [3.05, 3.63) is 59.8 Å². The summed E-state index contributed by atoms with van der Waals surface area (Å²) in [6.07, 6.45) is 3.23. The number of aromatic nitrogens is 2. The molecular weight excluding hydrogens is 471 g/mol. The van der Waals surface area contributed by atoms with Crippen LogP contribution in [0.4, 0.5) is 21.6 Å². The maximum absolute atomic E-state index is 13.6. The zero-order valence-electron chi connectivity index (χ0n) is 20.1. The average molecular weight is 503 g/mol. The van der Waals surface area contributed by atoms with Crippen LogP contribution in [0.3, 0.4) is 0 Å². The first-order valence-corrected chi connectivity index (χ1v) is 11.8. The van der Waals surface area contributed by atoms with E-state index >= 15 is 0 Å². The summed E-state index contributed by atoms with van der Waals surface area (Å²) in [5.41, 5.74) is 2.85. The van der Waals surface area contributed by atoms with Crippen molar-refractivity contribution < 1.29 is 13.9 Å². The molecule has 0 saturated heterocycles. The van der Waals surface area contributed by atoms with Crippen molar-refractivity contribution >= 4 is 39.7 Å². The molecule has 0 aliphatic rings. The largest absolute Gasteiger partial charge is 0.491 e.